The molecular weight excluding hydrogens is 763 g/mol. The molecule has 0 unspecified atom stereocenters. The molecule has 5 amide bonds. The van der Waals surface area contributed by atoms with E-state index < -0.39 is 68.5 Å². The first-order valence-electron chi connectivity index (χ1n) is 20.4. The molecule has 4 fully saturated rings. The van der Waals surface area contributed by atoms with Crippen molar-refractivity contribution in [3.63, 3.8) is 0 Å². The number of benzene rings is 2. The molecular formula is C43H55N5O9S. The van der Waals surface area contributed by atoms with Gasteiger partial charge in [0.25, 0.3) is 11.8 Å². The molecule has 0 radical (unpaired) electrons. The first-order valence-corrected chi connectivity index (χ1v) is 22.0. The van der Waals surface area contributed by atoms with Gasteiger partial charge in [0.2, 0.25) is 21.8 Å². The Morgan fingerprint density at radius 2 is 1.71 bits per heavy atom. The Kier molecular flexibility index (Phi) is 11.6. The van der Waals surface area contributed by atoms with E-state index in [0.29, 0.717) is 37.7 Å². The Morgan fingerprint density at radius 3 is 2.41 bits per heavy atom. The number of ether oxygens (including phenoxy) is 2. The van der Waals surface area contributed by atoms with Crippen LogP contribution < -0.4 is 20.1 Å². The molecule has 7 rings (SSSR count). The van der Waals surface area contributed by atoms with Crippen molar-refractivity contribution in [2.45, 2.75) is 95.0 Å². The molecule has 2 aromatic carbocycles. The molecule has 58 heavy (non-hydrogen) atoms. The molecule has 0 spiro atoms. The van der Waals surface area contributed by atoms with E-state index in [1.54, 1.807) is 18.1 Å². The normalized spacial score (nSPS) is 28.1. The lowest BCUT2D eigenvalue weighted by atomic mass is 9.93. The first kappa shape index (κ1) is 41.2. The SMILES string of the molecule is COc1ccc(-c2cccc(C(=O)N3C[C@H]4CN5C(=O)[C@@H](NC(=O)OCC(C)(C)C)CCCCC/C=C\[C@H]6C[C@@]6(C(=O)NS(=O)(=O)C6CC6)NC(=O)[C@@H]5[C@H]4C3)c2)cc1. The molecule has 5 aliphatic rings. The van der Waals surface area contributed by atoms with E-state index in [9.17, 15) is 32.4 Å². The molecule has 0 aromatic heterocycles. The summed E-state index contributed by atoms with van der Waals surface area (Å²) in [6, 6.07) is 12.8. The van der Waals surface area contributed by atoms with Gasteiger partial charge in [-0.1, -0.05) is 70.0 Å². The van der Waals surface area contributed by atoms with Crippen molar-refractivity contribution in [3.8, 4) is 16.9 Å². The second kappa shape index (κ2) is 16.4. The molecule has 2 aliphatic carbocycles. The van der Waals surface area contributed by atoms with Gasteiger partial charge in [-0.3, -0.25) is 23.9 Å². The standard InChI is InChI=1S/C43H55N5O9S/c1-42(2,3)26-57-41(53)44-35-14-9-7-5-6-8-13-31-22-43(31,40(52)46-58(54,55)33-19-20-33)45-37(49)36-34-25-47(23-30(34)24-48(36)39(35)51)38(50)29-12-10-11-28(21-29)27-15-17-32(56-4)18-16-27/h8,10-13,15-18,21,30-31,33-36H,5-7,9,14,19-20,22-26H2,1-4H3,(H,44,53)(H,45,49)(H,46,52)/b13-8-/t30-,31-,34-,35-,36-,43+/m0/s1. The van der Waals surface area contributed by atoms with Gasteiger partial charge in [-0.2, -0.15) is 0 Å². The maximum atomic E-state index is 14.7. The highest BCUT2D eigenvalue weighted by Gasteiger charge is 2.63. The van der Waals surface area contributed by atoms with Crippen LogP contribution in [0, 0.1) is 23.2 Å². The van der Waals surface area contributed by atoms with Crippen molar-refractivity contribution in [1.29, 1.82) is 0 Å². The van der Waals surface area contributed by atoms with Crippen molar-refractivity contribution in [2.24, 2.45) is 23.2 Å². The summed E-state index contributed by atoms with van der Waals surface area (Å²) < 4.78 is 38.9. The molecule has 2 saturated heterocycles. The zero-order chi connectivity index (χ0) is 41.4. The van der Waals surface area contributed by atoms with Crippen molar-refractivity contribution in [1.82, 2.24) is 25.2 Å². The average Bonchev–Trinajstić information content (AvgIpc) is 4.09. The molecule has 3 aliphatic heterocycles. The zero-order valence-corrected chi connectivity index (χ0v) is 34.5. The van der Waals surface area contributed by atoms with Crippen molar-refractivity contribution in [3.05, 3.63) is 66.2 Å². The first-order chi connectivity index (χ1) is 27.6. The lowest BCUT2D eigenvalue weighted by Gasteiger charge is -2.33. The lowest BCUT2D eigenvalue weighted by Crippen LogP contribution is -2.60. The van der Waals surface area contributed by atoms with Gasteiger partial charge >= 0.3 is 6.09 Å². The Bertz CT molecular complexity index is 2060. The number of hydrogen-bond acceptors (Lipinski definition) is 9. The number of nitrogens with one attached hydrogen (secondary N) is 3. The van der Waals surface area contributed by atoms with Gasteiger partial charge in [0.05, 0.1) is 19.0 Å². The minimum Gasteiger partial charge on any atom is -0.497 e. The summed E-state index contributed by atoms with van der Waals surface area (Å²) in [5.41, 5.74) is 0.425. The number of fused-ring (bicyclic) bond motifs is 4. The van der Waals surface area contributed by atoms with Gasteiger partial charge in [-0.05, 0) is 79.3 Å². The summed E-state index contributed by atoms with van der Waals surface area (Å²) in [4.78, 5) is 73.6. The molecule has 6 atom stereocenters. The van der Waals surface area contributed by atoms with Crippen LogP contribution >= 0.6 is 0 Å². The quantitative estimate of drug-likeness (QED) is 0.326. The summed E-state index contributed by atoms with van der Waals surface area (Å²) in [6.45, 7) is 6.53. The van der Waals surface area contributed by atoms with E-state index >= 15 is 0 Å². The van der Waals surface area contributed by atoms with E-state index in [1.807, 2.05) is 75.4 Å². The maximum absolute atomic E-state index is 14.7. The number of carbonyl (C=O) groups excluding carboxylic acids is 5. The van der Waals surface area contributed by atoms with Crippen LogP contribution in [0.4, 0.5) is 4.79 Å². The largest absolute Gasteiger partial charge is 0.497 e. The molecule has 3 heterocycles. The van der Waals surface area contributed by atoms with Crippen LogP contribution in [0.25, 0.3) is 11.1 Å². The van der Waals surface area contributed by atoms with Crippen molar-refractivity contribution in [2.75, 3.05) is 33.4 Å². The van der Waals surface area contributed by atoms with Gasteiger partial charge in [0.15, 0.2) is 0 Å². The number of alkyl carbamates (subject to hydrolysis) is 1. The fourth-order valence-electron chi connectivity index (χ4n) is 8.50. The predicted molar refractivity (Wildman–Crippen MR) is 216 cm³/mol. The summed E-state index contributed by atoms with van der Waals surface area (Å²) in [7, 11) is -2.31. The number of allylic oxidation sites excluding steroid dienone is 1. The van der Waals surface area contributed by atoms with Crippen LogP contribution in [0.3, 0.4) is 0 Å². The van der Waals surface area contributed by atoms with E-state index in [1.165, 1.54) is 4.90 Å². The van der Waals surface area contributed by atoms with E-state index in [4.69, 9.17) is 9.47 Å². The van der Waals surface area contributed by atoms with Crippen LogP contribution in [0.2, 0.25) is 0 Å². The average molecular weight is 818 g/mol. The van der Waals surface area contributed by atoms with E-state index in [2.05, 4.69) is 15.4 Å². The number of carbonyl (C=O) groups is 5. The third-order valence-corrected chi connectivity index (χ3v) is 13.8. The monoisotopic (exact) mass is 817 g/mol. The molecule has 2 aromatic rings. The van der Waals surface area contributed by atoms with Gasteiger partial charge in [0, 0.05) is 43.0 Å². The Labute approximate surface area is 340 Å². The van der Waals surface area contributed by atoms with Crippen molar-refractivity contribution < 1.29 is 41.9 Å². The molecule has 312 valence electrons. The fourth-order valence-corrected chi connectivity index (χ4v) is 9.86. The number of sulfonamides is 1. The van der Waals surface area contributed by atoms with Crippen LogP contribution in [-0.4, -0.2) is 104 Å². The van der Waals surface area contributed by atoms with Gasteiger partial charge in [-0.25, -0.2) is 13.2 Å². The second-order valence-corrected chi connectivity index (χ2v) is 19.7. The van der Waals surface area contributed by atoms with Crippen LogP contribution in [0.1, 0.15) is 82.5 Å². The number of methoxy groups -OCH3 is 1. The number of rotatable bonds is 8. The highest BCUT2D eigenvalue weighted by atomic mass is 32.2. The molecule has 14 nitrogen and oxygen atoms in total. The molecule has 15 heteroatoms. The number of likely N-dealkylation sites (tertiary alicyclic amines) is 1. The minimum atomic E-state index is -3.91. The number of hydrogen-bond donors (Lipinski definition) is 3. The van der Waals surface area contributed by atoms with Crippen molar-refractivity contribution >= 4 is 39.7 Å². The van der Waals surface area contributed by atoms with Crippen LogP contribution in [0.5, 0.6) is 5.75 Å². The van der Waals surface area contributed by atoms with E-state index in [0.717, 1.165) is 29.7 Å². The zero-order valence-electron chi connectivity index (χ0n) is 33.7. The summed E-state index contributed by atoms with van der Waals surface area (Å²) in [5.74, 6) is -2.55. The summed E-state index contributed by atoms with van der Waals surface area (Å²) in [5, 5.41) is 5.09. The lowest BCUT2D eigenvalue weighted by molar-refractivity contribution is -0.142. The topological polar surface area (TPSA) is 181 Å². The Balaban J connectivity index is 1.16. The number of nitrogens with zero attached hydrogens (tertiary/aromatic N) is 2. The summed E-state index contributed by atoms with van der Waals surface area (Å²) >= 11 is 0. The smallest absolute Gasteiger partial charge is 0.407 e. The fraction of sp³-hybridized carbons (Fsp3) is 0.558. The van der Waals surface area contributed by atoms with Crippen LogP contribution in [0.15, 0.2) is 60.7 Å². The highest BCUT2D eigenvalue weighted by Crippen LogP contribution is 2.47. The van der Waals surface area contributed by atoms with Crippen LogP contribution in [-0.2, 0) is 29.1 Å². The molecule has 3 N–H and O–H groups in total. The predicted octanol–water partition coefficient (Wildman–Crippen LogP) is 4.41. The number of amides is 5. The second-order valence-electron chi connectivity index (χ2n) is 17.7. The minimum absolute atomic E-state index is 0.139. The van der Waals surface area contributed by atoms with Gasteiger partial charge < -0.3 is 29.9 Å². The third-order valence-electron chi connectivity index (χ3n) is 12.0. The summed E-state index contributed by atoms with van der Waals surface area (Å²) in [6.07, 6.45) is 7.45. The van der Waals surface area contributed by atoms with Gasteiger partial charge in [-0.15, -0.1) is 0 Å². The Morgan fingerprint density at radius 1 is 0.948 bits per heavy atom. The third kappa shape index (κ3) is 9.03. The van der Waals surface area contributed by atoms with Gasteiger partial charge in [0.1, 0.15) is 23.4 Å². The maximum Gasteiger partial charge on any atom is 0.407 e. The highest BCUT2D eigenvalue weighted by molar-refractivity contribution is 7.91. The Hall–Kier alpha value is -4.92. The molecule has 0 bridgehead atoms. The van der Waals surface area contributed by atoms with E-state index in [-0.39, 0.29) is 49.9 Å². The molecule has 2 saturated carbocycles.